The standard InChI is InChI=1S/C18H21N5O2/c1-18(2,3)21-16(24)12-6-8-13(9-7-12)22(4)17(25)14-11-20-23(5)15(14)10-19/h6-9,11H,1-5H3,(H,21,24). The van der Waals surface area contributed by atoms with E-state index in [2.05, 4.69) is 10.4 Å². The van der Waals surface area contributed by atoms with Crippen LogP contribution in [0.2, 0.25) is 0 Å². The Balaban J connectivity index is 2.20. The van der Waals surface area contributed by atoms with E-state index in [-0.39, 0.29) is 28.6 Å². The molecule has 0 aliphatic carbocycles. The summed E-state index contributed by atoms with van der Waals surface area (Å²) < 4.78 is 1.36. The van der Waals surface area contributed by atoms with Gasteiger partial charge in [-0.25, -0.2) is 0 Å². The second-order valence-corrected chi connectivity index (χ2v) is 6.76. The maximum atomic E-state index is 12.6. The number of aromatic nitrogens is 2. The molecule has 0 saturated heterocycles. The maximum absolute atomic E-state index is 12.6. The fraction of sp³-hybridized carbons (Fsp3) is 0.333. The van der Waals surface area contributed by atoms with E-state index in [1.54, 1.807) is 38.4 Å². The maximum Gasteiger partial charge on any atom is 0.262 e. The summed E-state index contributed by atoms with van der Waals surface area (Å²) in [6, 6.07) is 8.68. The molecule has 0 atom stereocenters. The number of nitrogens with one attached hydrogen (secondary N) is 1. The van der Waals surface area contributed by atoms with Gasteiger partial charge in [0.25, 0.3) is 11.8 Å². The summed E-state index contributed by atoms with van der Waals surface area (Å²) in [6.07, 6.45) is 1.38. The summed E-state index contributed by atoms with van der Waals surface area (Å²) in [5.41, 5.74) is 1.25. The van der Waals surface area contributed by atoms with Gasteiger partial charge in [-0.15, -0.1) is 0 Å². The second-order valence-electron chi connectivity index (χ2n) is 6.76. The third kappa shape index (κ3) is 4.04. The largest absolute Gasteiger partial charge is 0.347 e. The number of nitrogens with zero attached hydrogens (tertiary/aromatic N) is 4. The lowest BCUT2D eigenvalue weighted by Crippen LogP contribution is -2.40. The van der Waals surface area contributed by atoms with Crippen LogP contribution in [0.3, 0.4) is 0 Å². The van der Waals surface area contributed by atoms with Crippen molar-refractivity contribution in [3.63, 3.8) is 0 Å². The molecule has 0 fully saturated rings. The lowest BCUT2D eigenvalue weighted by atomic mass is 10.1. The van der Waals surface area contributed by atoms with Gasteiger partial charge in [0.2, 0.25) is 0 Å². The molecule has 7 nitrogen and oxygen atoms in total. The van der Waals surface area contributed by atoms with Crippen molar-refractivity contribution in [2.24, 2.45) is 7.05 Å². The molecular weight excluding hydrogens is 318 g/mol. The number of anilines is 1. The van der Waals surface area contributed by atoms with Gasteiger partial charge in [-0.05, 0) is 45.0 Å². The van der Waals surface area contributed by atoms with Crippen LogP contribution >= 0.6 is 0 Å². The van der Waals surface area contributed by atoms with E-state index in [0.29, 0.717) is 11.3 Å². The van der Waals surface area contributed by atoms with E-state index in [1.165, 1.54) is 15.8 Å². The summed E-state index contributed by atoms with van der Waals surface area (Å²) in [5.74, 6) is -0.511. The highest BCUT2D eigenvalue weighted by Crippen LogP contribution is 2.18. The van der Waals surface area contributed by atoms with Crippen LogP contribution in [0, 0.1) is 11.3 Å². The smallest absolute Gasteiger partial charge is 0.262 e. The van der Waals surface area contributed by atoms with E-state index in [1.807, 2.05) is 26.8 Å². The second kappa shape index (κ2) is 6.77. The van der Waals surface area contributed by atoms with Crippen molar-refractivity contribution in [3.8, 4) is 6.07 Å². The summed E-state index contributed by atoms with van der Waals surface area (Å²) in [4.78, 5) is 26.2. The molecule has 1 N–H and O–H groups in total. The summed E-state index contributed by atoms with van der Waals surface area (Å²) >= 11 is 0. The van der Waals surface area contributed by atoms with Crippen molar-refractivity contribution in [2.75, 3.05) is 11.9 Å². The van der Waals surface area contributed by atoms with Gasteiger partial charge in [-0.3, -0.25) is 14.3 Å². The minimum absolute atomic E-state index is 0.174. The van der Waals surface area contributed by atoms with Gasteiger partial charge >= 0.3 is 0 Å². The molecule has 1 heterocycles. The van der Waals surface area contributed by atoms with Crippen molar-refractivity contribution >= 4 is 17.5 Å². The quantitative estimate of drug-likeness (QED) is 0.927. The number of hydrogen-bond acceptors (Lipinski definition) is 4. The SMILES string of the molecule is CN(C(=O)c1cnn(C)c1C#N)c1ccc(C(=O)NC(C)(C)C)cc1. The molecule has 2 amide bonds. The lowest BCUT2D eigenvalue weighted by molar-refractivity contribution is 0.0919. The first-order valence-corrected chi connectivity index (χ1v) is 7.77. The van der Waals surface area contributed by atoms with Gasteiger partial charge in [0.15, 0.2) is 5.69 Å². The molecule has 0 spiro atoms. The molecule has 25 heavy (non-hydrogen) atoms. The third-order valence-electron chi connectivity index (χ3n) is 3.59. The predicted octanol–water partition coefficient (Wildman–Crippen LogP) is 2.10. The zero-order valence-electron chi connectivity index (χ0n) is 15.0. The number of amides is 2. The van der Waals surface area contributed by atoms with Crippen LogP contribution in [-0.2, 0) is 7.05 Å². The predicted molar refractivity (Wildman–Crippen MR) is 94.3 cm³/mol. The van der Waals surface area contributed by atoms with Gasteiger partial charge in [0.1, 0.15) is 6.07 Å². The van der Waals surface area contributed by atoms with Crippen LogP contribution in [0.4, 0.5) is 5.69 Å². The number of benzene rings is 1. The van der Waals surface area contributed by atoms with Crippen LogP contribution in [0.25, 0.3) is 0 Å². The normalized spacial score (nSPS) is 10.9. The molecule has 2 aromatic rings. The first-order chi connectivity index (χ1) is 11.6. The molecule has 0 aliphatic rings. The number of aryl methyl sites for hydroxylation is 1. The molecule has 0 radical (unpaired) electrons. The van der Waals surface area contributed by atoms with E-state index in [0.717, 1.165) is 0 Å². The van der Waals surface area contributed by atoms with E-state index in [4.69, 9.17) is 5.26 Å². The van der Waals surface area contributed by atoms with Crippen LogP contribution in [0.15, 0.2) is 30.5 Å². The molecule has 0 bridgehead atoms. The number of carbonyl (C=O) groups is 2. The Morgan fingerprint density at radius 3 is 2.36 bits per heavy atom. The van der Waals surface area contributed by atoms with E-state index >= 15 is 0 Å². The molecule has 130 valence electrons. The Hall–Kier alpha value is -3.14. The Morgan fingerprint density at radius 2 is 1.84 bits per heavy atom. The minimum Gasteiger partial charge on any atom is -0.347 e. The fourth-order valence-electron chi connectivity index (χ4n) is 2.27. The highest BCUT2D eigenvalue weighted by atomic mass is 16.2. The molecular formula is C18H21N5O2. The van der Waals surface area contributed by atoms with Crippen molar-refractivity contribution in [2.45, 2.75) is 26.3 Å². The zero-order valence-corrected chi connectivity index (χ0v) is 15.0. The Bertz CT molecular complexity index is 838. The number of nitriles is 1. The molecule has 7 heteroatoms. The molecule has 0 aliphatic heterocycles. The van der Waals surface area contributed by atoms with Crippen LogP contribution in [0.1, 0.15) is 47.2 Å². The molecule has 2 rings (SSSR count). The highest BCUT2D eigenvalue weighted by molar-refractivity contribution is 6.07. The van der Waals surface area contributed by atoms with Gasteiger partial charge < -0.3 is 10.2 Å². The average Bonchev–Trinajstić information content (AvgIpc) is 2.92. The Morgan fingerprint density at radius 1 is 1.24 bits per heavy atom. The van der Waals surface area contributed by atoms with Crippen molar-refractivity contribution in [1.82, 2.24) is 15.1 Å². The van der Waals surface area contributed by atoms with Gasteiger partial charge in [-0.2, -0.15) is 10.4 Å². The van der Waals surface area contributed by atoms with Gasteiger partial charge in [0.05, 0.1) is 11.8 Å². The first-order valence-electron chi connectivity index (χ1n) is 7.77. The zero-order chi connectivity index (χ0) is 18.8. The van der Waals surface area contributed by atoms with E-state index < -0.39 is 0 Å². The van der Waals surface area contributed by atoms with Gasteiger partial charge in [0, 0.05) is 30.9 Å². The topological polar surface area (TPSA) is 91.0 Å². The summed E-state index contributed by atoms with van der Waals surface area (Å²) in [7, 11) is 3.22. The molecule has 0 saturated carbocycles. The minimum atomic E-state index is -0.337. The van der Waals surface area contributed by atoms with Crippen LogP contribution in [-0.4, -0.2) is 34.2 Å². The summed E-state index contributed by atoms with van der Waals surface area (Å²) in [5, 5.41) is 16.0. The van der Waals surface area contributed by atoms with Crippen molar-refractivity contribution < 1.29 is 9.59 Å². The third-order valence-corrected chi connectivity index (χ3v) is 3.59. The monoisotopic (exact) mass is 339 g/mol. The number of carbonyl (C=O) groups excluding carboxylic acids is 2. The number of hydrogen-bond donors (Lipinski definition) is 1. The van der Waals surface area contributed by atoms with Crippen LogP contribution in [0.5, 0.6) is 0 Å². The van der Waals surface area contributed by atoms with E-state index in [9.17, 15) is 9.59 Å². The Kier molecular flexibility index (Phi) is 4.93. The van der Waals surface area contributed by atoms with Crippen molar-refractivity contribution in [3.05, 3.63) is 47.3 Å². The Labute approximate surface area is 146 Å². The van der Waals surface area contributed by atoms with Crippen molar-refractivity contribution in [1.29, 1.82) is 5.26 Å². The molecule has 1 aromatic carbocycles. The van der Waals surface area contributed by atoms with Crippen LogP contribution < -0.4 is 10.2 Å². The lowest BCUT2D eigenvalue weighted by Gasteiger charge is -2.21. The average molecular weight is 339 g/mol. The highest BCUT2D eigenvalue weighted by Gasteiger charge is 2.21. The molecule has 0 unspecified atom stereocenters. The fourth-order valence-corrected chi connectivity index (χ4v) is 2.27. The van der Waals surface area contributed by atoms with Gasteiger partial charge in [-0.1, -0.05) is 0 Å². The summed E-state index contributed by atoms with van der Waals surface area (Å²) in [6.45, 7) is 5.73. The molecule has 1 aromatic heterocycles. The first kappa shape index (κ1) is 18.2. The number of rotatable bonds is 3.